The van der Waals surface area contributed by atoms with Gasteiger partial charge < -0.3 is 20.0 Å². The van der Waals surface area contributed by atoms with Gasteiger partial charge in [-0.05, 0) is 32.4 Å². The second-order valence-electron chi connectivity index (χ2n) is 8.38. The molecule has 2 aliphatic rings. The highest BCUT2D eigenvalue weighted by Crippen LogP contribution is 2.13. The quantitative estimate of drug-likeness (QED) is 0.567. The molecule has 0 aliphatic carbocycles. The second-order valence-corrected chi connectivity index (χ2v) is 8.38. The Morgan fingerprint density at radius 3 is 2.00 bits per heavy atom. The summed E-state index contributed by atoms with van der Waals surface area (Å²) < 4.78 is 0. The van der Waals surface area contributed by atoms with Crippen LogP contribution in [-0.4, -0.2) is 126 Å². The molecule has 2 heterocycles. The van der Waals surface area contributed by atoms with Crippen molar-refractivity contribution in [2.45, 2.75) is 45.1 Å². The fourth-order valence-corrected chi connectivity index (χ4v) is 4.34. The van der Waals surface area contributed by atoms with Crippen LogP contribution in [0.1, 0.15) is 39.0 Å². The molecule has 2 N–H and O–H groups in total. The van der Waals surface area contributed by atoms with Gasteiger partial charge >= 0.3 is 11.9 Å². The van der Waals surface area contributed by atoms with Crippen LogP contribution < -0.4 is 0 Å². The van der Waals surface area contributed by atoms with E-state index < -0.39 is 18.0 Å². The van der Waals surface area contributed by atoms with Crippen LogP contribution in [0.15, 0.2) is 0 Å². The number of ketones is 1. The lowest BCUT2D eigenvalue weighted by molar-refractivity contribution is -0.144. The van der Waals surface area contributed by atoms with Gasteiger partial charge in [0.1, 0.15) is 11.8 Å². The zero-order valence-electron chi connectivity index (χ0n) is 18.3. The smallest absolute Gasteiger partial charge is 0.320 e. The van der Waals surface area contributed by atoms with Gasteiger partial charge in [-0.1, -0.05) is 6.92 Å². The molecule has 0 aromatic carbocycles. The summed E-state index contributed by atoms with van der Waals surface area (Å²) in [6.45, 7) is 10.0. The summed E-state index contributed by atoms with van der Waals surface area (Å²) in [6, 6.07) is -0.616. The Balaban J connectivity index is 2.03. The number of carboxylic acids is 2. The predicted molar refractivity (Wildman–Crippen MR) is 114 cm³/mol. The van der Waals surface area contributed by atoms with E-state index >= 15 is 0 Å². The van der Waals surface area contributed by atoms with Crippen LogP contribution in [0, 0.1) is 0 Å². The normalized spacial score (nSPS) is 26.0. The number of carbonyl (C=O) groups excluding carboxylic acids is 1. The summed E-state index contributed by atoms with van der Waals surface area (Å²) >= 11 is 0. The highest BCUT2D eigenvalue weighted by Gasteiger charge is 2.27. The lowest BCUT2D eigenvalue weighted by atomic mass is 10.1. The van der Waals surface area contributed by atoms with Crippen molar-refractivity contribution in [3.05, 3.63) is 0 Å². The van der Waals surface area contributed by atoms with Crippen molar-refractivity contribution in [3.63, 3.8) is 0 Å². The van der Waals surface area contributed by atoms with E-state index in [1.54, 1.807) is 0 Å². The Bertz CT molecular complexity index is 574. The number of rotatable bonds is 8. The Morgan fingerprint density at radius 2 is 1.40 bits per heavy atom. The molecule has 9 heteroatoms. The zero-order chi connectivity index (χ0) is 21.9. The third kappa shape index (κ3) is 8.67. The van der Waals surface area contributed by atoms with Crippen LogP contribution >= 0.6 is 0 Å². The molecule has 0 aromatic heterocycles. The maximum Gasteiger partial charge on any atom is 0.320 e. The summed E-state index contributed by atoms with van der Waals surface area (Å²) in [5, 5.41) is 18.9. The van der Waals surface area contributed by atoms with Crippen molar-refractivity contribution in [1.29, 1.82) is 0 Å². The van der Waals surface area contributed by atoms with Gasteiger partial charge in [-0.2, -0.15) is 0 Å². The Labute approximate surface area is 179 Å². The summed E-state index contributed by atoms with van der Waals surface area (Å²) in [7, 11) is 0. The minimum absolute atomic E-state index is 0.0817. The third-order valence-electron chi connectivity index (χ3n) is 6.21. The van der Waals surface area contributed by atoms with Crippen LogP contribution in [0.25, 0.3) is 0 Å². The van der Waals surface area contributed by atoms with Gasteiger partial charge in [-0.25, -0.2) is 0 Å². The molecule has 0 spiro atoms. The first-order valence-corrected chi connectivity index (χ1v) is 11.3. The molecule has 2 fully saturated rings. The Kier molecular flexibility index (Phi) is 10.7. The average Bonchev–Trinajstić information content (AvgIpc) is 2.71. The summed E-state index contributed by atoms with van der Waals surface area (Å²) in [5.74, 6) is -1.51. The van der Waals surface area contributed by atoms with Gasteiger partial charge in [0, 0.05) is 65.2 Å². The van der Waals surface area contributed by atoms with E-state index in [2.05, 4.69) is 9.80 Å². The number of carbonyl (C=O) groups is 3. The fraction of sp³-hybridized carbons (Fsp3) is 0.857. The molecular formula is C21H38N4O5. The predicted octanol–water partition coefficient (Wildman–Crippen LogP) is 0.299. The number of hydrogen-bond donors (Lipinski definition) is 2. The monoisotopic (exact) mass is 426 g/mol. The molecule has 0 radical (unpaired) electrons. The van der Waals surface area contributed by atoms with E-state index in [4.69, 9.17) is 5.11 Å². The zero-order valence-corrected chi connectivity index (χ0v) is 18.3. The first-order valence-electron chi connectivity index (χ1n) is 11.3. The summed E-state index contributed by atoms with van der Waals surface area (Å²) in [6.07, 6.45) is 2.91. The maximum atomic E-state index is 11.9. The molecule has 2 saturated heterocycles. The van der Waals surface area contributed by atoms with Gasteiger partial charge in [-0.15, -0.1) is 0 Å². The standard InChI is InChI=1S/C21H38N4O5/c1-2-18(26)5-6-19(21(29)30)25-10-4-8-22-11-12-23(15-16-25)7-3-9-24(14-13-22)17-20(27)28/h19H,2-17H2,1H3,(H,27,28)(H,29,30). The number of Topliss-reactive ketones (excluding diaryl/α,β-unsaturated/α-hetero) is 1. The first-order chi connectivity index (χ1) is 14.4. The van der Waals surface area contributed by atoms with Crippen molar-refractivity contribution >= 4 is 17.7 Å². The molecule has 0 amide bonds. The van der Waals surface area contributed by atoms with Crippen LogP contribution in [0.3, 0.4) is 0 Å². The lowest BCUT2D eigenvalue weighted by Gasteiger charge is -2.37. The molecule has 2 bridgehead atoms. The summed E-state index contributed by atoms with van der Waals surface area (Å²) in [5.41, 5.74) is 0. The maximum absolute atomic E-state index is 11.9. The molecule has 9 nitrogen and oxygen atoms in total. The van der Waals surface area contributed by atoms with Crippen molar-refractivity contribution in [2.24, 2.45) is 0 Å². The first kappa shape index (κ1) is 24.7. The van der Waals surface area contributed by atoms with Crippen LogP contribution in [0.5, 0.6) is 0 Å². The minimum atomic E-state index is -0.843. The molecule has 2 rings (SSSR count). The molecular weight excluding hydrogens is 388 g/mol. The van der Waals surface area contributed by atoms with E-state index in [1.807, 2.05) is 16.7 Å². The van der Waals surface area contributed by atoms with Crippen LogP contribution in [-0.2, 0) is 14.4 Å². The molecule has 3 atom stereocenters. The average molecular weight is 427 g/mol. The minimum Gasteiger partial charge on any atom is -0.480 e. The second kappa shape index (κ2) is 13.0. The van der Waals surface area contributed by atoms with Crippen molar-refractivity contribution in [2.75, 3.05) is 72.0 Å². The molecule has 30 heavy (non-hydrogen) atoms. The number of aliphatic carboxylic acids is 2. The molecule has 172 valence electrons. The fourth-order valence-electron chi connectivity index (χ4n) is 4.34. The summed E-state index contributed by atoms with van der Waals surface area (Å²) in [4.78, 5) is 43.6. The number of hydrogen-bond acceptors (Lipinski definition) is 7. The highest BCUT2D eigenvalue weighted by atomic mass is 16.4. The van der Waals surface area contributed by atoms with E-state index in [9.17, 15) is 19.5 Å². The van der Waals surface area contributed by atoms with E-state index in [0.717, 1.165) is 65.2 Å². The molecule has 3 unspecified atom stereocenters. The highest BCUT2D eigenvalue weighted by molar-refractivity contribution is 5.79. The SMILES string of the molecule is CCC(=O)CCC(C(=O)O)N1CCCN2CCN(CCCN(CC(=O)O)CC2)CC1. The van der Waals surface area contributed by atoms with Crippen molar-refractivity contribution in [1.82, 2.24) is 19.6 Å². The van der Waals surface area contributed by atoms with Gasteiger partial charge in [0.2, 0.25) is 0 Å². The van der Waals surface area contributed by atoms with Crippen LogP contribution in [0.2, 0.25) is 0 Å². The lowest BCUT2D eigenvalue weighted by Crippen LogP contribution is -2.50. The van der Waals surface area contributed by atoms with E-state index in [1.165, 1.54) is 0 Å². The number of nitrogens with zero attached hydrogens (tertiary/aromatic N) is 4. The van der Waals surface area contributed by atoms with Gasteiger partial charge in [0.15, 0.2) is 0 Å². The van der Waals surface area contributed by atoms with E-state index in [-0.39, 0.29) is 12.3 Å². The molecule has 0 aromatic rings. The van der Waals surface area contributed by atoms with E-state index in [0.29, 0.717) is 32.4 Å². The number of carboxylic acid groups (broad SMARTS) is 2. The number of fused-ring (bicyclic) bond motifs is 3. The van der Waals surface area contributed by atoms with Crippen molar-refractivity contribution in [3.8, 4) is 0 Å². The third-order valence-corrected chi connectivity index (χ3v) is 6.21. The Hall–Kier alpha value is -1.55. The Morgan fingerprint density at radius 1 is 0.800 bits per heavy atom. The molecule has 2 aliphatic heterocycles. The molecule has 0 saturated carbocycles. The van der Waals surface area contributed by atoms with Gasteiger partial charge in [-0.3, -0.25) is 24.2 Å². The van der Waals surface area contributed by atoms with Crippen LogP contribution in [0.4, 0.5) is 0 Å². The van der Waals surface area contributed by atoms with Gasteiger partial charge in [0.25, 0.3) is 0 Å². The largest absolute Gasteiger partial charge is 0.480 e. The van der Waals surface area contributed by atoms with Crippen molar-refractivity contribution < 1.29 is 24.6 Å². The topological polar surface area (TPSA) is 105 Å². The van der Waals surface area contributed by atoms with Gasteiger partial charge in [0.05, 0.1) is 6.54 Å².